The van der Waals surface area contributed by atoms with Crippen LogP contribution >= 0.6 is 11.3 Å². The molecule has 2 aromatic heterocycles. The second kappa shape index (κ2) is 8.68. The summed E-state index contributed by atoms with van der Waals surface area (Å²) < 4.78 is 11.7. The maximum Gasteiger partial charge on any atom is 0.297 e. The van der Waals surface area contributed by atoms with Crippen molar-refractivity contribution in [3.05, 3.63) is 80.1 Å². The van der Waals surface area contributed by atoms with E-state index in [9.17, 15) is 9.59 Å². The summed E-state index contributed by atoms with van der Waals surface area (Å²) in [6.07, 6.45) is 0.761. The summed E-state index contributed by atoms with van der Waals surface area (Å²) >= 11 is 1.37. The van der Waals surface area contributed by atoms with Crippen molar-refractivity contribution >= 4 is 33.3 Å². The highest BCUT2D eigenvalue weighted by molar-refractivity contribution is 7.15. The average Bonchev–Trinajstić information content (AvgIpc) is 3.36. The Kier molecular flexibility index (Phi) is 5.69. The maximum absolute atomic E-state index is 13.7. The number of ether oxygens (including phenoxy) is 1. The van der Waals surface area contributed by atoms with E-state index in [4.69, 9.17) is 9.15 Å². The zero-order valence-corrected chi connectivity index (χ0v) is 20.3. The van der Waals surface area contributed by atoms with E-state index < -0.39 is 11.9 Å². The van der Waals surface area contributed by atoms with Gasteiger partial charge in [-0.1, -0.05) is 48.9 Å². The van der Waals surface area contributed by atoms with Gasteiger partial charge in [0.25, 0.3) is 5.91 Å². The van der Waals surface area contributed by atoms with Crippen LogP contribution in [0.2, 0.25) is 0 Å². The molecule has 1 amide bonds. The molecule has 4 aromatic rings. The molecule has 1 aliphatic heterocycles. The number of anilines is 1. The number of benzene rings is 2. The molecule has 34 heavy (non-hydrogen) atoms. The summed E-state index contributed by atoms with van der Waals surface area (Å²) in [4.78, 5) is 29.0. The Morgan fingerprint density at radius 1 is 1.15 bits per heavy atom. The van der Waals surface area contributed by atoms with Gasteiger partial charge in [0, 0.05) is 6.42 Å². The molecule has 1 unspecified atom stereocenters. The minimum atomic E-state index is -0.691. The molecule has 3 heterocycles. The van der Waals surface area contributed by atoms with E-state index in [1.807, 2.05) is 44.2 Å². The molecule has 0 saturated carbocycles. The van der Waals surface area contributed by atoms with Gasteiger partial charge in [-0.2, -0.15) is 0 Å². The molecule has 174 valence electrons. The lowest BCUT2D eigenvalue weighted by molar-refractivity contribution is 0.0970. The molecule has 0 bridgehead atoms. The van der Waals surface area contributed by atoms with E-state index in [1.165, 1.54) is 16.2 Å². The molecule has 1 atom stereocenters. The number of carbonyl (C=O) groups is 1. The van der Waals surface area contributed by atoms with Crippen LogP contribution in [0, 0.1) is 12.8 Å². The SMILES string of the molecule is CCOc1cccc(C2c3c(oc4ccc(C)cc4c3=O)C(=O)N2c2nnc(CC(C)C)s2)c1. The monoisotopic (exact) mass is 475 g/mol. The van der Waals surface area contributed by atoms with E-state index in [0.29, 0.717) is 39.9 Å². The van der Waals surface area contributed by atoms with Crippen LogP contribution in [-0.4, -0.2) is 22.7 Å². The first-order valence-electron chi connectivity index (χ1n) is 11.3. The molecule has 0 radical (unpaired) electrons. The number of aryl methyl sites for hydroxylation is 1. The Bertz CT molecular complexity index is 1460. The third-order valence-electron chi connectivity index (χ3n) is 5.76. The van der Waals surface area contributed by atoms with Gasteiger partial charge in [-0.05, 0) is 49.6 Å². The minimum absolute atomic E-state index is 0.0498. The molecule has 0 N–H and O–H groups in total. The predicted molar refractivity (Wildman–Crippen MR) is 132 cm³/mol. The summed E-state index contributed by atoms with van der Waals surface area (Å²) in [5.74, 6) is 0.727. The van der Waals surface area contributed by atoms with Gasteiger partial charge in [0.2, 0.25) is 10.9 Å². The van der Waals surface area contributed by atoms with Gasteiger partial charge < -0.3 is 9.15 Å². The zero-order valence-electron chi connectivity index (χ0n) is 19.5. The first-order chi connectivity index (χ1) is 16.4. The van der Waals surface area contributed by atoms with Crippen molar-refractivity contribution in [1.29, 1.82) is 0 Å². The van der Waals surface area contributed by atoms with E-state index in [-0.39, 0.29) is 11.2 Å². The van der Waals surface area contributed by atoms with Gasteiger partial charge in [0.05, 0.1) is 23.6 Å². The molecular weight excluding hydrogens is 450 g/mol. The molecule has 0 saturated heterocycles. The van der Waals surface area contributed by atoms with Gasteiger partial charge in [0.1, 0.15) is 16.3 Å². The predicted octanol–water partition coefficient (Wildman–Crippen LogP) is 5.30. The molecule has 0 fully saturated rings. The van der Waals surface area contributed by atoms with Gasteiger partial charge in [-0.25, -0.2) is 0 Å². The number of aromatic nitrogens is 2. The molecule has 1 aliphatic rings. The van der Waals surface area contributed by atoms with Crippen LogP contribution in [0.15, 0.2) is 51.7 Å². The second-order valence-corrected chi connectivity index (χ2v) is 9.87. The highest BCUT2D eigenvalue weighted by atomic mass is 32.1. The normalized spacial score (nSPS) is 15.4. The first-order valence-corrected chi connectivity index (χ1v) is 12.1. The van der Waals surface area contributed by atoms with Crippen LogP contribution in [0.1, 0.15) is 59.1 Å². The fourth-order valence-electron chi connectivity index (χ4n) is 4.31. The summed E-state index contributed by atoms with van der Waals surface area (Å²) in [6, 6.07) is 12.2. The van der Waals surface area contributed by atoms with Crippen molar-refractivity contribution in [2.75, 3.05) is 11.5 Å². The molecule has 0 spiro atoms. The summed E-state index contributed by atoms with van der Waals surface area (Å²) in [7, 11) is 0. The first kappa shape index (κ1) is 22.3. The Labute approximate surface area is 201 Å². The Morgan fingerprint density at radius 3 is 2.74 bits per heavy atom. The van der Waals surface area contributed by atoms with Crippen LogP contribution in [-0.2, 0) is 6.42 Å². The van der Waals surface area contributed by atoms with Crippen molar-refractivity contribution in [1.82, 2.24) is 10.2 Å². The fourth-order valence-corrected chi connectivity index (χ4v) is 5.39. The third-order valence-corrected chi connectivity index (χ3v) is 6.70. The average molecular weight is 476 g/mol. The third kappa shape index (κ3) is 3.77. The minimum Gasteiger partial charge on any atom is -0.494 e. The van der Waals surface area contributed by atoms with Crippen LogP contribution in [0.5, 0.6) is 5.75 Å². The number of amides is 1. The lowest BCUT2D eigenvalue weighted by atomic mass is 9.98. The quantitative estimate of drug-likeness (QED) is 0.376. The van der Waals surface area contributed by atoms with E-state index in [2.05, 4.69) is 24.0 Å². The molecule has 7 nitrogen and oxygen atoms in total. The van der Waals surface area contributed by atoms with Crippen molar-refractivity contribution in [3.8, 4) is 5.75 Å². The second-order valence-electron chi connectivity index (χ2n) is 8.83. The van der Waals surface area contributed by atoms with Crippen molar-refractivity contribution < 1.29 is 13.9 Å². The number of carbonyl (C=O) groups excluding carboxylic acids is 1. The van der Waals surface area contributed by atoms with E-state index >= 15 is 0 Å². The van der Waals surface area contributed by atoms with Gasteiger partial charge in [-0.3, -0.25) is 14.5 Å². The number of hydrogen-bond donors (Lipinski definition) is 0. The maximum atomic E-state index is 13.7. The topological polar surface area (TPSA) is 85.5 Å². The molecule has 8 heteroatoms. The largest absolute Gasteiger partial charge is 0.494 e. The number of fused-ring (bicyclic) bond motifs is 2. The van der Waals surface area contributed by atoms with Gasteiger partial charge in [0.15, 0.2) is 5.43 Å². The summed E-state index contributed by atoms with van der Waals surface area (Å²) in [5.41, 5.74) is 2.19. The van der Waals surface area contributed by atoms with Crippen LogP contribution < -0.4 is 15.1 Å². The number of nitrogens with zero attached hydrogens (tertiary/aromatic N) is 3. The Morgan fingerprint density at radius 2 is 1.97 bits per heavy atom. The molecule has 0 aliphatic carbocycles. The summed E-state index contributed by atoms with van der Waals surface area (Å²) in [6.45, 7) is 8.55. The standard InChI is InChI=1S/C26H25N3O4S/c1-5-32-17-8-6-7-16(13-17)22-21-23(30)18-12-15(4)9-10-19(18)33-24(21)25(31)29(22)26-28-27-20(34-26)11-14(2)3/h6-10,12-14,22H,5,11H2,1-4H3. The number of rotatable bonds is 6. The molecular formula is C26H25N3O4S. The zero-order chi connectivity index (χ0) is 24.0. The Hall–Kier alpha value is -3.52. The van der Waals surface area contributed by atoms with Gasteiger partial charge in [-0.15, -0.1) is 10.2 Å². The highest BCUT2D eigenvalue weighted by Crippen LogP contribution is 2.43. The van der Waals surface area contributed by atoms with Crippen LogP contribution in [0.3, 0.4) is 0 Å². The van der Waals surface area contributed by atoms with Crippen LogP contribution in [0.25, 0.3) is 11.0 Å². The lowest BCUT2D eigenvalue weighted by Gasteiger charge is -2.22. The van der Waals surface area contributed by atoms with Gasteiger partial charge >= 0.3 is 0 Å². The lowest BCUT2D eigenvalue weighted by Crippen LogP contribution is -2.29. The Balaban J connectivity index is 1.73. The summed E-state index contributed by atoms with van der Waals surface area (Å²) in [5, 5.41) is 10.4. The van der Waals surface area contributed by atoms with Crippen LogP contribution in [0.4, 0.5) is 5.13 Å². The highest BCUT2D eigenvalue weighted by Gasteiger charge is 2.45. The van der Waals surface area contributed by atoms with Crippen molar-refractivity contribution in [2.24, 2.45) is 5.92 Å². The molecule has 5 rings (SSSR count). The van der Waals surface area contributed by atoms with Crippen molar-refractivity contribution in [2.45, 2.75) is 40.2 Å². The van der Waals surface area contributed by atoms with Crippen molar-refractivity contribution in [3.63, 3.8) is 0 Å². The number of hydrogen-bond acceptors (Lipinski definition) is 7. The fraction of sp³-hybridized carbons (Fsp3) is 0.308. The smallest absolute Gasteiger partial charge is 0.297 e. The van der Waals surface area contributed by atoms with E-state index in [1.54, 1.807) is 12.1 Å². The van der Waals surface area contributed by atoms with E-state index in [0.717, 1.165) is 22.6 Å². The molecule has 2 aromatic carbocycles.